The van der Waals surface area contributed by atoms with Crippen molar-refractivity contribution in [2.45, 2.75) is 76.5 Å². The van der Waals surface area contributed by atoms with Crippen molar-refractivity contribution in [3.8, 4) is 5.69 Å². The van der Waals surface area contributed by atoms with Gasteiger partial charge in [0.15, 0.2) is 5.78 Å². The zero-order valence-electron chi connectivity index (χ0n) is 23.2. The zero-order chi connectivity index (χ0) is 28.9. The topological polar surface area (TPSA) is 101 Å². The molecule has 2 fully saturated rings. The lowest BCUT2D eigenvalue weighted by Crippen LogP contribution is -2.35. The van der Waals surface area contributed by atoms with E-state index in [0.717, 1.165) is 55.5 Å². The number of thiophene rings is 1. The van der Waals surface area contributed by atoms with Gasteiger partial charge < -0.3 is 15.2 Å². The number of amides is 1. The first kappa shape index (κ1) is 29.5. The molecule has 0 unspecified atom stereocenters. The molecule has 1 atom stereocenters. The monoisotopic (exact) mass is 597 g/mol. The standard InChI is InChI=1S/C31H36ClN3O5S/c1-20-18-23(35-19-25(40-31(35)39)11-13-27(37)28-14-15-29(32)41-28)8-12-26(20)34-17-3-5-21(30(34)38)4-2-16-33-22-6-9-24(36)10-7-22/h3,5,8,12,14-15,17-18,22,24-25,33,36H,2,4,6-7,9-11,13,16,19H2,1H3/t22?,24?,25-/m0/s1. The van der Waals surface area contributed by atoms with Crippen molar-refractivity contribution in [2.24, 2.45) is 0 Å². The Balaban J connectivity index is 1.18. The van der Waals surface area contributed by atoms with Crippen molar-refractivity contribution < 1.29 is 19.4 Å². The molecule has 0 radical (unpaired) electrons. The first-order valence-corrected chi connectivity index (χ1v) is 15.5. The number of carbonyl (C=O) groups excluding carboxylic acids is 2. The Hall–Kier alpha value is -2.98. The van der Waals surface area contributed by atoms with Gasteiger partial charge in [0.05, 0.1) is 27.5 Å². The number of nitrogens with zero attached hydrogens (tertiary/aromatic N) is 2. The number of Topliss-reactive ketones (excluding diaryl/α,β-unsaturated/α-hetero) is 1. The summed E-state index contributed by atoms with van der Waals surface area (Å²) in [6.45, 7) is 3.12. The number of rotatable bonds is 11. The molecule has 2 N–H and O–H groups in total. The van der Waals surface area contributed by atoms with Gasteiger partial charge >= 0.3 is 6.09 Å². The van der Waals surface area contributed by atoms with E-state index in [4.69, 9.17) is 16.3 Å². The zero-order valence-corrected chi connectivity index (χ0v) is 24.8. The van der Waals surface area contributed by atoms with Crippen LogP contribution in [0.15, 0.2) is 53.5 Å². The summed E-state index contributed by atoms with van der Waals surface area (Å²) in [5, 5.41) is 13.2. The summed E-state index contributed by atoms with van der Waals surface area (Å²) in [5.74, 6) is -0.00880. The van der Waals surface area contributed by atoms with Gasteiger partial charge in [-0.05, 0) is 100 Å². The molecule has 1 aromatic carbocycles. The van der Waals surface area contributed by atoms with E-state index in [1.165, 1.54) is 11.3 Å². The summed E-state index contributed by atoms with van der Waals surface area (Å²) in [6.07, 6.45) is 6.76. The number of ketones is 1. The van der Waals surface area contributed by atoms with Crippen molar-refractivity contribution in [2.75, 3.05) is 18.0 Å². The average molecular weight is 598 g/mol. The highest BCUT2D eigenvalue weighted by Crippen LogP contribution is 2.28. The third kappa shape index (κ3) is 7.27. The molecule has 3 heterocycles. The van der Waals surface area contributed by atoms with Crippen molar-refractivity contribution in [3.05, 3.63) is 79.4 Å². The molecule has 41 heavy (non-hydrogen) atoms. The van der Waals surface area contributed by atoms with Crippen LogP contribution >= 0.6 is 22.9 Å². The van der Waals surface area contributed by atoms with Crippen LogP contribution in [0.4, 0.5) is 10.5 Å². The predicted molar refractivity (Wildman–Crippen MR) is 162 cm³/mol. The maximum atomic E-state index is 13.3. The molecular formula is C31H36ClN3O5S. The van der Waals surface area contributed by atoms with Crippen LogP contribution < -0.4 is 15.8 Å². The number of hydrogen-bond donors (Lipinski definition) is 2. The predicted octanol–water partition coefficient (Wildman–Crippen LogP) is 5.67. The molecule has 3 aromatic rings. The molecule has 1 saturated carbocycles. The second-order valence-corrected chi connectivity index (χ2v) is 12.6. The smallest absolute Gasteiger partial charge is 0.414 e. The van der Waals surface area contributed by atoms with Gasteiger partial charge in [0.25, 0.3) is 5.56 Å². The number of cyclic esters (lactones) is 1. The number of nitrogens with one attached hydrogen (secondary N) is 1. The number of pyridine rings is 1. The number of aliphatic hydroxyl groups is 1. The van der Waals surface area contributed by atoms with E-state index in [2.05, 4.69) is 5.32 Å². The molecule has 218 valence electrons. The summed E-state index contributed by atoms with van der Waals surface area (Å²) in [4.78, 5) is 40.6. The van der Waals surface area contributed by atoms with Crippen molar-refractivity contribution in [1.82, 2.24) is 9.88 Å². The highest BCUT2D eigenvalue weighted by Gasteiger charge is 2.33. The van der Waals surface area contributed by atoms with Crippen LogP contribution in [0, 0.1) is 6.92 Å². The van der Waals surface area contributed by atoms with Crippen LogP contribution in [0.25, 0.3) is 5.69 Å². The fraction of sp³-hybridized carbons (Fsp3) is 0.452. The molecule has 0 bridgehead atoms. The molecule has 1 aliphatic heterocycles. The molecule has 1 saturated heterocycles. The first-order chi connectivity index (χ1) is 19.8. The van der Waals surface area contributed by atoms with Gasteiger partial charge in [-0.15, -0.1) is 11.3 Å². The van der Waals surface area contributed by atoms with Crippen molar-refractivity contribution >= 4 is 40.5 Å². The number of aryl methyl sites for hydroxylation is 2. The van der Waals surface area contributed by atoms with Crippen LogP contribution in [-0.4, -0.2) is 52.9 Å². The molecule has 10 heteroatoms. The van der Waals surface area contributed by atoms with Gasteiger partial charge in [-0.2, -0.15) is 0 Å². The normalized spacial score (nSPS) is 20.8. The van der Waals surface area contributed by atoms with Gasteiger partial charge in [-0.1, -0.05) is 17.7 Å². The van der Waals surface area contributed by atoms with Crippen LogP contribution in [0.1, 0.15) is 65.7 Å². The quantitative estimate of drug-likeness (QED) is 0.218. The Morgan fingerprint density at radius 1 is 1.15 bits per heavy atom. The molecule has 2 aliphatic rings. The van der Waals surface area contributed by atoms with Gasteiger partial charge in [0.2, 0.25) is 0 Å². The number of benzene rings is 1. The Labute approximate surface area is 248 Å². The Morgan fingerprint density at radius 3 is 2.68 bits per heavy atom. The van der Waals surface area contributed by atoms with Gasteiger partial charge in [0.1, 0.15) is 6.10 Å². The summed E-state index contributed by atoms with van der Waals surface area (Å²) in [5.41, 5.74) is 3.05. The van der Waals surface area contributed by atoms with E-state index < -0.39 is 6.09 Å². The number of halogens is 1. The molecular weight excluding hydrogens is 562 g/mol. The van der Waals surface area contributed by atoms with Gasteiger partial charge in [-0.3, -0.25) is 19.1 Å². The Bertz CT molecular complexity index is 1450. The van der Waals surface area contributed by atoms with E-state index in [1.807, 2.05) is 37.3 Å². The first-order valence-electron chi connectivity index (χ1n) is 14.3. The summed E-state index contributed by atoms with van der Waals surface area (Å²) >= 11 is 7.19. The maximum absolute atomic E-state index is 13.3. The minimum absolute atomic E-state index is 0.00880. The summed E-state index contributed by atoms with van der Waals surface area (Å²) in [7, 11) is 0. The second-order valence-electron chi connectivity index (χ2n) is 10.9. The maximum Gasteiger partial charge on any atom is 0.414 e. The molecule has 8 nitrogen and oxygen atoms in total. The van der Waals surface area contributed by atoms with Gasteiger partial charge in [-0.25, -0.2) is 4.79 Å². The largest absolute Gasteiger partial charge is 0.444 e. The van der Waals surface area contributed by atoms with Crippen LogP contribution in [-0.2, 0) is 11.2 Å². The summed E-state index contributed by atoms with van der Waals surface area (Å²) < 4.78 is 7.78. The average Bonchev–Trinajstić information content (AvgIpc) is 3.57. The van der Waals surface area contributed by atoms with E-state index in [9.17, 15) is 19.5 Å². The second kappa shape index (κ2) is 13.3. The molecule has 1 amide bonds. The minimum atomic E-state index is -0.439. The number of ether oxygens (including phenoxy) is 1. The van der Waals surface area contributed by atoms with Crippen LogP contribution in [0.3, 0.4) is 0 Å². The molecule has 2 aromatic heterocycles. The number of aliphatic hydroxyl groups excluding tert-OH is 1. The fourth-order valence-corrected chi connectivity index (χ4v) is 6.63. The van der Waals surface area contributed by atoms with Crippen LogP contribution in [0.2, 0.25) is 4.34 Å². The fourth-order valence-electron chi connectivity index (χ4n) is 5.62. The Morgan fingerprint density at radius 2 is 1.95 bits per heavy atom. The van der Waals surface area contributed by atoms with Gasteiger partial charge in [0, 0.05) is 29.9 Å². The SMILES string of the molecule is Cc1cc(N2C[C@H](CCC(=O)c3ccc(Cl)s3)OC2=O)ccc1-n1cccc(CCCNC2CCC(O)CC2)c1=O. The van der Waals surface area contributed by atoms with E-state index in [0.29, 0.717) is 40.3 Å². The highest BCUT2D eigenvalue weighted by molar-refractivity contribution is 7.18. The number of anilines is 1. The molecule has 5 rings (SSSR count). The number of aromatic nitrogens is 1. The third-order valence-corrected chi connectivity index (χ3v) is 9.22. The minimum Gasteiger partial charge on any atom is -0.444 e. The summed E-state index contributed by atoms with van der Waals surface area (Å²) in [6, 6.07) is 13.2. The highest BCUT2D eigenvalue weighted by atomic mass is 35.5. The number of hydrogen-bond acceptors (Lipinski definition) is 7. The third-order valence-electron chi connectivity index (χ3n) is 7.95. The van der Waals surface area contributed by atoms with Crippen molar-refractivity contribution in [1.29, 1.82) is 0 Å². The van der Waals surface area contributed by atoms with Crippen molar-refractivity contribution in [3.63, 3.8) is 0 Å². The molecule has 0 spiro atoms. The van der Waals surface area contributed by atoms with E-state index in [1.54, 1.807) is 27.8 Å². The lowest BCUT2D eigenvalue weighted by atomic mass is 9.93. The number of carbonyl (C=O) groups is 2. The molecule has 1 aliphatic carbocycles. The Kier molecular flexibility index (Phi) is 9.60. The lowest BCUT2D eigenvalue weighted by molar-refractivity contribution is 0.0943. The van der Waals surface area contributed by atoms with E-state index >= 15 is 0 Å². The van der Waals surface area contributed by atoms with Crippen LogP contribution in [0.5, 0.6) is 0 Å². The van der Waals surface area contributed by atoms with E-state index in [-0.39, 0.29) is 30.0 Å². The lowest BCUT2D eigenvalue weighted by Gasteiger charge is -2.26.